The molecular formula is C21H27NO4. The van der Waals surface area contributed by atoms with Crippen LogP contribution >= 0.6 is 0 Å². The second kappa shape index (κ2) is 9.36. The highest BCUT2D eigenvalue weighted by Crippen LogP contribution is 2.16. The van der Waals surface area contributed by atoms with Gasteiger partial charge in [0, 0.05) is 0 Å². The summed E-state index contributed by atoms with van der Waals surface area (Å²) in [6, 6.07) is 16.9. The van der Waals surface area contributed by atoms with E-state index in [2.05, 4.69) is 5.32 Å². The molecule has 1 atom stereocenters. The van der Waals surface area contributed by atoms with Crippen molar-refractivity contribution in [1.82, 2.24) is 5.32 Å². The second-order valence-electron chi connectivity index (χ2n) is 6.69. The van der Waals surface area contributed by atoms with Gasteiger partial charge in [0.1, 0.15) is 18.1 Å². The zero-order valence-corrected chi connectivity index (χ0v) is 15.6. The van der Waals surface area contributed by atoms with E-state index in [9.17, 15) is 9.90 Å². The molecule has 2 aromatic rings. The molecule has 0 fully saturated rings. The zero-order chi connectivity index (χ0) is 19.0. The summed E-state index contributed by atoms with van der Waals surface area (Å²) in [6.45, 7) is 5.59. The van der Waals surface area contributed by atoms with Crippen LogP contribution in [0.4, 0.5) is 0 Å². The fraction of sp³-hybridized carbons (Fsp3) is 0.381. The van der Waals surface area contributed by atoms with Crippen molar-refractivity contribution in [3.05, 3.63) is 65.7 Å². The summed E-state index contributed by atoms with van der Waals surface area (Å²) >= 11 is 0. The summed E-state index contributed by atoms with van der Waals surface area (Å²) in [4.78, 5) is 12.0. The first-order valence-electron chi connectivity index (χ1n) is 8.81. The second-order valence-corrected chi connectivity index (χ2v) is 6.69. The molecule has 5 nitrogen and oxygen atoms in total. The fourth-order valence-electron chi connectivity index (χ4n) is 2.41. The number of hydrogen-bond acceptors (Lipinski definition) is 5. The average Bonchev–Trinajstić information content (AvgIpc) is 2.61. The molecule has 2 N–H and O–H groups in total. The monoisotopic (exact) mass is 357 g/mol. The molecule has 0 amide bonds. The number of rotatable bonds is 9. The largest absolute Gasteiger partial charge is 0.475 e. The van der Waals surface area contributed by atoms with E-state index >= 15 is 0 Å². The molecule has 140 valence electrons. The van der Waals surface area contributed by atoms with Crippen molar-refractivity contribution in [3.8, 4) is 5.75 Å². The van der Waals surface area contributed by atoms with E-state index in [-0.39, 0.29) is 25.2 Å². The Bertz CT molecular complexity index is 677. The lowest BCUT2D eigenvalue weighted by Crippen LogP contribution is -2.48. The van der Waals surface area contributed by atoms with E-state index in [4.69, 9.17) is 9.47 Å². The Morgan fingerprint density at radius 3 is 2.31 bits per heavy atom. The van der Waals surface area contributed by atoms with Crippen LogP contribution in [0.2, 0.25) is 0 Å². The van der Waals surface area contributed by atoms with Crippen molar-refractivity contribution in [2.45, 2.75) is 52.2 Å². The minimum atomic E-state index is -1.01. The Hall–Kier alpha value is -2.37. The van der Waals surface area contributed by atoms with Crippen LogP contribution in [0.25, 0.3) is 0 Å². The number of ether oxygens (including phenoxy) is 2. The quantitative estimate of drug-likeness (QED) is 0.532. The summed E-state index contributed by atoms with van der Waals surface area (Å²) in [5.41, 5.74) is 0.816. The van der Waals surface area contributed by atoms with E-state index in [1.165, 1.54) is 0 Å². The molecule has 1 unspecified atom stereocenters. The first-order valence-corrected chi connectivity index (χ1v) is 8.81. The van der Waals surface area contributed by atoms with E-state index in [0.29, 0.717) is 12.2 Å². The molecular weight excluding hydrogens is 330 g/mol. The van der Waals surface area contributed by atoms with Gasteiger partial charge in [0.25, 0.3) is 0 Å². The zero-order valence-electron chi connectivity index (χ0n) is 15.6. The van der Waals surface area contributed by atoms with Gasteiger partial charge in [0.2, 0.25) is 0 Å². The van der Waals surface area contributed by atoms with Gasteiger partial charge in [-0.3, -0.25) is 10.1 Å². The summed E-state index contributed by atoms with van der Waals surface area (Å²) < 4.78 is 11.1. The third-order valence-electron chi connectivity index (χ3n) is 3.68. The lowest BCUT2D eigenvalue weighted by atomic mass is 10.1. The smallest absolute Gasteiger partial charge is 0.310 e. The number of esters is 1. The molecule has 0 heterocycles. The molecule has 0 aliphatic rings. The molecule has 5 heteroatoms. The first-order chi connectivity index (χ1) is 12.4. The number of carbonyl (C=O) groups is 1. The van der Waals surface area contributed by atoms with Gasteiger partial charge in [0.05, 0.1) is 6.42 Å². The molecule has 0 aromatic heterocycles. The minimum absolute atomic E-state index is 0.215. The van der Waals surface area contributed by atoms with Crippen LogP contribution in [-0.2, 0) is 22.6 Å². The first kappa shape index (κ1) is 19.9. The Balaban J connectivity index is 1.83. The molecule has 0 aliphatic heterocycles. The Morgan fingerprint density at radius 1 is 1.08 bits per heavy atom. The van der Waals surface area contributed by atoms with Crippen LogP contribution in [0.5, 0.6) is 5.75 Å². The van der Waals surface area contributed by atoms with Gasteiger partial charge in [0.15, 0.2) is 6.23 Å². The number of benzene rings is 2. The van der Waals surface area contributed by atoms with Gasteiger partial charge in [-0.15, -0.1) is 0 Å². The summed E-state index contributed by atoms with van der Waals surface area (Å²) in [7, 11) is 0. The number of carbonyl (C=O) groups excluding carboxylic acids is 1. The van der Waals surface area contributed by atoms with Crippen LogP contribution < -0.4 is 10.1 Å². The lowest BCUT2D eigenvalue weighted by molar-refractivity contribution is -0.144. The van der Waals surface area contributed by atoms with Crippen molar-refractivity contribution in [2.75, 3.05) is 0 Å². The predicted octanol–water partition coefficient (Wildman–Crippen LogP) is 3.41. The summed E-state index contributed by atoms with van der Waals surface area (Å²) in [5, 5.41) is 12.8. The van der Waals surface area contributed by atoms with Crippen LogP contribution in [0.15, 0.2) is 54.6 Å². The predicted molar refractivity (Wildman–Crippen MR) is 101 cm³/mol. The van der Waals surface area contributed by atoms with E-state index in [1.54, 1.807) is 13.8 Å². The van der Waals surface area contributed by atoms with Crippen molar-refractivity contribution >= 4 is 5.97 Å². The van der Waals surface area contributed by atoms with Gasteiger partial charge in [-0.05, 0) is 43.5 Å². The summed E-state index contributed by atoms with van der Waals surface area (Å²) in [5.74, 6) is 0.410. The lowest BCUT2D eigenvalue weighted by Gasteiger charge is -2.27. The molecule has 2 rings (SSSR count). The highest BCUT2D eigenvalue weighted by Gasteiger charge is 2.18. The topological polar surface area (TPSA) is 67.8 Å². The van der Waals surface area contributed by atoms with Gasteiger partial charge in [-0.25, -0.2) is 0 Å². The Morgan fingerprint density at radius 2 is 1.73 bits per heavy atom. The van der Waals surface area contributed by atoms with Crippen LogP contribution in [0, 0.1) is 0 Å². The van der Waals surface area contributed by atoms with Gasteiger partial charge < -0.3 is 14.6 Å². The number of aliphatic hydroxyl groups is 1. The minimum Gasteiger partial charge on any atom is -0.475 e. The fourth-order valence-corrected chi connectivity index (χ4v) is 2.41. The number of nitrogens with one attached hydrogen (secondary N) is 1. The molecule has 0 saturated carbocycles. The molecule has 0 saturated heterocycles. The molecule has 0 bridgehead atoms. The molecule has 0 aliphatic carbocycles. The van der Waals surface area contributed by atoms with Crippen LogP contribution in [0.1, 0.15) is 38.3 Å². The van der Waals surface area contributed by atoms with E-state index in [0.717, 1.165) is 11.1 Å². The maximum absolute atomic E-state index is 12.0. The summed E-state index contributed by atoms with van der Waals surface area (Å²) in [6.07, 6.45) is 0.626. The third kappa shape index (κ3) is 7.25. The highest BCUT2D eigenvalue weighted by molar-refractivity contribution is 5.72. The number of hydrogen-bond donors (Lipinski definition) is 2. The normalized spacial score (nSPS) is 12.5. The SMILES string of the molecule is CCC(NC(C)(C)O)Oc1ccc(CC(=O)OCc2ccccc2)cc1. The van der Waals surface area contributed by atoms with Gasteiger partial charge >= 0.3 is 5.97 Å². The standard InChI is InChI=1S/C21H27NO4/c1-4-19(22-21(2,3)24)26-18-12-10-16(11-13-18)14-20(23)25-15-17-8-6-5-7-9-17/h5-13,19,22,24H,4,14-15H2,1-3H3. The Labute approximate surface area is 155 Å². The average molecular weight is 357 g/mol. The highest BCUT2D eigenvalue weighted by atomic mass is 16.5. The van der Waals surface area contributed by atoms with Crippen LogP contribution in [0.3, 0.4) is 0 Å². The van der Waals surface area contributed by atoms with Crippen molar-refractivity contribution in [2.24, 2.45) is 0 Å². The molecule has 0 radical (unpaired) electrons. The van der Waals surface area contributed by atoms with Crippen LogP contribution in [-0.4, -0.2) is 23.0 Å². The maximum atomic E-state index is 12.0. The van der Waals surface area contributed by atoms with Crippen molar-refractivity contribution < 1.29 is 19.4 Å². The van der Waals surface area contributed by atoms with E-state index < -0.39 is 5.72 Å². The van der Waals surface area contributed by atoms with Gasteiger partial charge in [-0.1, -0.05) is 49.4 Å². The molecule has 0 spiro atoms. The van der Waals surface area contributed by atoms with E-state index in [1.807, 2.05) is 61.5 Å². The molecule has 2 aromatic carbocycles. The third-order valence-corrected chi connectivity index (χ3v) is 3.68. The Kier molecular flexibility index (Phi) is 7.18. The van der Waals surface area contributed by atoms with Crippen molar-refractivity contribution in [1.29, 1.82) is 0 Å². The van der Waals surface area contributed by atoms with Crippen molar-refractivity contribution in [3.63, 3.8) is 0 Å². The molecule has 26 heavy (non-hydrogen) atoms. The van der Waals surface area contributed by atoms with Gasteiger partial charge in [-0.2, -0.15) is 0 Å². The maximum Gasteiger partial charge on any atom is 0.310 e.